The van der Waals surface area contributed by atoms with Crippen molar-refractivity contribution in [1.29, 1.82) is 0 Å². The lowest BCUT2D eigenvalue weighted by molar-refractivity contribution is 0.193. The van der Waals surface area contributed by atoms with Crippen molar-refractivity contribution in [1.82, 2.24) is 9.88 Å². The highest BCUT2D eigenvalue weighted by Gasteiger charge is 2.22. The van der Waals surface area contributed by atoms with Gasteiger partial charge in [0.1, 0.15) is 0 Å². The maximum Gasteiger partial charge on any atom is 0.0583 e. The van der Waals surface area contributed by atoms with Gasteiger partial charge in [0.25, 0.3) is 0 Å². The number of ether oxygens (including phenoxy) is 1. The van der Waals surface area contributed by atoms with Crippen molar-refractivity contribution in [2.45, 2.75) is 31.1 Å². The minimum absolute atomic E-state index is 0.180. The van der Waals surface area contributed by atoms with Crippen LogP contribution in [-0.4, -0.2) is 37.2 Å². The summed E-state index contributed by atoms with van der Waals surface area (Å²) in [7, 11) is 4.15. The number of rotatable bonds is 4. The first-order chi connectivity index (χ1) is 8.58. The summed E-state index contributed by atoms with van der Waals surface area (Å²) in [5.74, 6) is 0.511. The van der Waals surface area contributed by atoms with Crippen molar-refractivity contribution in [2.75, 3.05) is 27.3 Å². The third-order valence-electron chi connectivity index (χ3n) is 3.29. The molecule has 0 amide bonds. The summed E-state index contributed by atoms with van der Waals surface area (Å²) < 4.78 is 5.49. The van der Waals surface area contributed by atoms with Gasteiger partial charge in [0.05, 0.1) is 18.0 Å². The maximum atomic E-state index is 5.49. The number of aromatic nitrogens is 1. The predicted molar refractivity (Wildman–Crippen MR) is 77.2 cm³/mol. The van der Waals surface area contributed by atoms with E-state index in [2.05, 4.69) is 50.7 Å². The lowest BCUT2D eigenvalue weighted by Gasteiger charge is -2.18. The molecule has 1 aromatic rings. The van der Waals surface area contributed by atoms with Gasteiger partial charge < -0.3 is 9.64 Å². The molecular weight excluding hydrogens is 244 g/mol. The van der Waals surface area contributed by atoms with E-state index in [0.717, 1.165) is 31.9 Å². The topological polar surface area (TPSA) is 25.4 Å². The van der Waals surface area contributed by atoms with E-state index >= 15 is 0 Å². The molecule has 2 atom stereocenters. The van der Waals surface area contributed by atoms with Crippen LogP contribution in [-0.2, 0) is 11.3 Å². The normalized spacial score (nSPS) is 21.5. The molecule has 0 bridgehead atoms. The summed E-state index contributed by atoms with van der Waals surface area (Å²) in [5, 5.41) is 0.180. The lowest BCUT2D eigenvalue weighted by atomic mass is 9.96. The quantitative estimate of drug-likeness (QED) is 0.848. The smallest absolute Gasteiger partial charge is 0.0583 e. The van der Waals surface area contributed by atoms with E-state index in [0.29, 0.717) is 5.92 Å². The van der Waals surface area contributed by atoms with Crippen LogP contribution in [0, 0.1) is 0 Å². The fourth-order valence-electron chi connectivity index (χ4n) is 2.34. The molecule has 1 saturated heterocycles. The lowest BCUT2D eigenvalue weighted by Crippen LogP contribution is -2.16. The zero-order chi connectivity index (χ0) is 13.1. The van der Waals surface area contributed by atoms with E-state index in [9.17, 15) is 0 Å². The Morgan fingerprint density at radius 1 is 1.50 bits per heavy atom. The van der Waals surface area contributed by atoms with Crippen molar-refractivity contribution in [2.24, 2.45) is 0 Å². The summed E-state index contributed by atoms with van der Waals surface area (Å²) in [4.78, 5) is 6.94. The number of thiol groups is 1. The van der Waals surface area contributed by atoms with E-state index in [1.165, 1.54) is 11.3 Å². The van der Waals surface area contributed by atoms with E-state index in [1.807, 2.05) is 0 Å². The zero-order valence-electron chi connectivity index (χ0n) is 11.4. The molecule has 1 fully saturated rings. The second-order valence-electron chi connectivity index (χ2n) is 5.25. The molecule has 0 aliphatic carbocycles. The molecule has 0 N–H and O–H groups in total. The Hall–Kier alpha value is -0.580. The Morgan fingerprint density at radius 2 is 2.28 bits per heavy atom. The maximum absolute atomic E-state index is 5.49. The van der Waals surface area contributed by atoms with Crippen LogP contribution in [0.4, 0.5) is 0 Å². The van der Waals surface area contributed by atoms with Crippen molar-refractivity contribution >= 4 is 12.6 Å². The van der Waals surface area contributed by atoms with Crippen LogP contribution in [0.25, 0.3) is 0 Å². The minimum Gasteiger partial charge on any atom is -0.381 e. The number of nitrogens with zero attached hydrogens (tertiary/aromatic N) is 2. The largest absolute Gasteiger partial charge is 0.381 e. The van der Waals surface area contributed by atoms with Crippen molar-refractivity contribution in [3.8, 4) is 0 Å². The average molecular weight is 266 g/mol. The fourth-order valence-corrected chi connectivity index (χ4v) is 2.48. The van der Waals surface area contributed by atoms with Gasteiger partial charge in [-0.05, 0) is 39.1 Å². The number of hydrogen-bond donors (Lipinski definition) is 1. The molecule has 2 rings (SSSR count). The van der Waals surface area contributed by atoms with Gasteiger partial charge in [-0.15, -0.1) is 0 Å². The Kier molecular flexibility index (Phi) is 4.65. The number of hydrogen-bond acceptors (Lipinski definition) is 4. The van der Waals surface area contributed by atoms with Crippen LogP contribution in [0.1, 0.15) is 41.5 Å². The van der Waals surface area contributed by atoms with Crippen LogP contribution in [0.3, 0.4) is 0 Å². The van der Waals surface area contributed by atoms with Crippen LogP contribution < -0.4 is 0 Å². The van der Waals surface area contributed by atoms with Crippen LogP contribution in [0.15, 0.2) is 12.1 Å². The van der Waals surface area contributed by atoms with Crippen molar-refractivity contribution < 1.29 is 4.74 Å². The molecule has 18 heavy (non-hydrogen) atoms. The average Bonchev–Trinajstić information content (AvgIpc) is 2.81. The Labute approximate surface area is 115 Å². The minimum atomic E-state index is 0.180. The highest BCUT2D eigenvalue weighted by atomic mass is 32.1. The summed E-state index contributed by atoms with van der Waals surface area (Å²) in [6.07, 6.45) is 1.11. The molecule has 1 unspecified atom stereocenters. The van der Waals surface area contributed by atoms with Gasteiger partial charge in [0.15, 0.2) is 0 Å². The van der Waals surface area contributed by atoms with Crippen LogP contribution in [0.5, 0.6) is 0 Å². The van der Waals surface area contributed by atoms with Crippen LogP contribution in [0.2, 0.25) is 0 Å². The zero-order valence-corrected chi connectivity index (χ0v) is 12.3. The first-order valence-electron chi connectivity index (χ1n) is 6.48. The predicted octanol–water partition coefficient (Wildman–Crippen LogP) is 2.64. The van der Waals surface area contributed by atoms with Crippen molar-refractivity contribution in [3.05, 3.63) is 29.1 Å². The van der Waals surface area contributed by atoms with Gasteiger partial charge in [-0.3, -0.25) is 4.98 Å². The summed E-state index contributed by atoms with van der Waals surface area (Å²) in [6, 6.07) is 4.32. The highest BCUT2D eigenvalue weighted by molar-refractivity contribution is 7.80. The molecule has 0 aromatic carbocycles. The SMILES string of the molecule is CC(S)c1ccc([C@H]2CCOC2)c(CN(C)C)n1. The van der Waals surface area contributed by atoms with Gasteiger partial charge in [-0.25, -0.2) is 0 Å². The Balaban J connectivity index is 2.31. The highest BCUT2D eigenvalue weighted by Crippen LogP contribution is 2.29. The van der Waals surface area contributed by atoms with Gasteiger partial charge in [-0.2, -0.15) is 12.6 Å². The monoisotopic (exact) mass is 266 g/mol. The van der Waals surface area contributed by atoms with Gasteiger partial charge in [-0.1, -0.05) is 6.07 Å². The summed E-state index contributed by atoms with van der Waals surface area (Å²) >= 11 is 4.47. The van der Waals surface area contributed by atoms with E-state index in [4.69, 9.17) is 9.72 Å². The van der Waals surface area contributed by atoms with Crippen LogP contribution >= 0.6 is 12.6 Å². The fraction of sp³-hybridized carbons (Fsp3) is 0.643. The van der Waals surface area contributed by atoms with E-state index in [-0.39, 0.29) is 5.25 Å². The first kappa shape index (κ1) is 13.8. The van der Waals surface area contributed by atoms with E-state index < -0.39 is 0 Å². The molecule has 1 aliphatic rings. The second kappa shape index (κ2) is 6.04. The van der Waals surface area contributed by atoms with Gasteiger partial charge >= 0.3 is 0 Å². The molecule has 4 heteroatoms. The van der Waals surface area contributed by atoms with Gasteiger partial charge in [0, 0.05) is 24.3 Å². The third-order valence-corrected chi connectivity index (χ3v) is 3.56. The Bertz CT molecular complexity index is 401. The number of pyridine rings is 1. The Morgan fingerprint density at radius 3 is 2.83 bits per heavy atom. The summed E-state index contributed by atoms with van der Waals surface area (Å²) in [5.41, 5.74) is 3.57. The standard InChI is InChI=1S/C14H22N2OS/c1-10(18)13-5-4-12(11-6-7-17-9-11)14(15-13)8-16(2)3/h4-5,10-11,18H,6-9H2,1-3H3/t10?,11-/m0/s1. The molecule has 2 heterocycles. The molecule has 0 radical (unpaired) electrons. The summed E-state index contributed by atoms with van der Waals surface area (Å²) in [6.45, 7) is 4.64. The molecule has 0 saturated carbocycles. The molecule has 1 aromatic heterocycles. The molecule has 1 aliphatic heterocycles. The molecule has 0 spiro atoms. The molecule has 3 nitrogen and oxygen atoms in total. The molecular formula is C14H22N2OS. The van der Waals surface area contributed by atoms with Gasteiger partial charge in [0.2, 0.25) is 0 Å². The third kappa shape index (κ3) is 3.25. The van der Waals surface area contributed by atoms with Crippen molar-refractivity contribution in [3.63, 3.8) is 0 Å². The first-order valence-corrected chi connectivity index (χ1v) is 7.00. The second-order valence-corrected chi connectivity index (χ2v) is 6.02. The van der Waals surface area contributed by atoms with E-state index in [1.54, 1.807) is 0 Å². The molecule has 100 valence electrons.